The fourth-order valence-corrected chi connectivity index (χ4v) is 3.88. The molecule has 1 aromatic rings. The number of benzene rings is 1. The van der Waals surface area contributed by atoms with Crippen LogP contribution in [0.15, 0.2) is 29.2 Å². The maximum Gasteiger partial charge on any atom is 0.146 e. The van der Waals surface area contributed by atoms with E-state index < -0.39 is 0 Å². The van der Waals surface area contributed by atoms with E-state index in [9.17, 15) is 4.79 Å². The molecule has 0 spiro atoms. The average Bonchev–Trinajstić information content (AvgIpc) is 2.46. The summed E-state index contributed by atoms with van der Waals surface area (Å²) in [6.07, 6.45) is 6.01. The first kappa shape index (κ1) is 14.6. The van der Waals surface area contributed by atoms with E-state index in [4.69, 9.17) is 0 Å². The van der Waals surface area contributed by atoms with Gasteiger partial charge in [0.2, 0.25) is 0 Å². The molecule has 1 aliphatic rings. The van der Waals surface area contributed by atoms with E-state index >= 15 is 0 Å². The van der Waals surface area contributed by atoms with Gasteiger partial charge in [-0.3, -0.25) is 4.79 Å². The molecule has 0 amide bonds. The zero-order chi connectivity index (χ0) is 13.7. The van der Waals surface area contributed by atoms with Crippen LogP contribution in [0.25, 0.3) is 0 Å². The Morgan fingerprint density at radius 2 is 1.89 bits per heavy atom. The molecule has 0 saturated heterocycles. The lowest BCUT2D eigenvalue weighted by Gasteiger charge is -2.26. The second-order valence-electron chi connectivity index (χ2n) is 5.65. The van der Waals surface area contributed by atoms with Crippen molar-refractivity contribution >= 4 is 17.5 Å². The van der Waals surface area contributed by atoms with Crippen molar-refractivity contribution in [1.82, 2.24) is 0 Å². The molecular formula is C17H24OS. The van der Waals surface area contributed by atoms with E-state index in [1.54, 1.807) is 11.8 Å². The Morgan fingerprint density at radius 1 is 1.21 bits per heavy atom. The number of thioether (sulfide) groups is 1. The van der Waals surface area contributed by atoms with Gasteiger partial charge in [-0.2, -0.15) is 0 Å². The molecule has 0 aromatic heterocycles. The Hall–Kier alpha value is -0.760. The Kier molecular flexibility index (Phi) is 5.50. The molecule has 0 radical (unpaired) electrons. The summed E-state index contributed by atoms with van der Waals surface area (Å²) in [6.45, 7) is 4.38. The fraction of sp³-hybridized carbons (Fsp3) is 0.588. The van der Waals surface area contributed by atoms with Crippen molar-refractivity contribution in [2.45, 2.75) is 50.8 Å². The highest BCUT2D eigenvalue weighted by atomic mass is 32.2. The Bertz CT molecular complexity index is 419. The monoisotopic (exact) mass is 276 g/mol. The summed E-state index contributed by atoms with van der Waals surface area (Å²) in [5, 5.41) is 0. The standard InChI is InChI=1S/C17H24OS/c1-3-14-8-10-15(11-9-14)16(18)12-19-17-7-5-4-6-13(17)2/h4-7,14-15H,3,8-12H2,1-2H3. The van der Waals surface area contributed by atoms with E-state index in [0.717, 1.165) is 18.8 Å². The van der Waals surface area contributed by atoms with Crippen LogP contribution >= 0.6 is 11.8 Å². The number of rotatable bonds is 5. The van der Waals surface area contributed by atoms with Crippen molar-refractivity contribution in [3.63, 3.8) is 0 Å². The summed E-state index contributed by atoms with van der Waals surface area (Å²) < 4.78 is 0. The number of carbonyl (C=O) groups is 1. The fourth-order valence-electron chi connectivity index (χ4n) is 2.88. The first-order valence-electron chi connectivity index (χ1n) is 7.41. The Labute approximate surface area is 121 Å². The van der Waals surface area contributed by atoms with Gasteiger partial charge in [0.25, 0.3) is 0 Å². The highest BCUT2D eigenvalue weighted by Gasteiger charge is 2.25. The molecule has 0 N–H and O–H groups in total. The third-order valence-electron chi connectivity index (χ3n) is 4.34. The molecule has 19 heavy (non-hydrogen) atoms. The third-order valence-corrected chi connectivity index (χ3v) is 5.54. The predicted molar refractivity (Wildman–Crippen MR) is 82.6 cm³/mol. The lowest BCUT2D eigenvalue weighted by molar-refractivity contribution is -0.121. The van der Waals surface area contributed by atoms with Crippen LogP contribution in [-0.4, -0.2) is 11.5 Å². The van der Waals surface area contributed by atoms with Gasteiger partial charge in [-0.15, -0.1) is 11.8 Å². The summed E-state index contributed by atoms with van der Waals surface area (Å²) in [5.41, 5.74) is 1.27. The molecule has 1 aromatic carbocycles. The summed E-state index contributed by atoms with van der Waals surface area (Å²) in [7, 11) is 0. The zero-order valence-corrected chi connectivity index (χ0v) is 12.8. The summed E-state index contributed by atoms with van der Waals surface area (Å²) >= 11 is 1.71. The highest BCUT2D eigenvalue weighted by Crippen LogP contribution is 2.32. The van der Waals surface area contributed by atoms with E-state index in [0.29, 0.717) is 17.5 Å². The molecule has 0 unspecified atom stereocenters. The van der Waals surface area contributed by atoms with E-state index in [2.05, 4.69) is 26.0 Å². The van der Waals surface area contributed by atoms with Gasteiger partial charge in [-0.25, -0.2) is 0 Å². The second kappa shape index (κ2) is 7.14. The number of Topliss-reactive ketones (excluding diaryl/α,β-unsaturated/α-hetero) is 1. The van der Waals surface area contributed by atoms with Crippen molar-refractivity contribution in [1.29, 1.82) is 0 Å². The van der Waals surface area contributed by atoms with E-state index in [1.807, 2.05) is 12.1 Å². The van der Waals surface area contributed by atoms with Gasteiger partial charge in [-0.1, -0.05) is 31.5 Å². The van der Waals surface area contributed by atoms with Crippen molar-refractivity contribution in [2.75, 3.05) is 5.75 Å². The van der Waals surface area contributed by atoms with Crippen molar-refractivity contribution in [2.24, 2.45) is 11.8 Å². The molecule has 104 valence electrons. The molecule has 1 nitrogen and oxygen atoms in total. The van der Waals surface area contributed by atoms with Crippen LogP contribution in [0.4, 0.5) is 0 Å². The minimum atomic E-state index is 0.333. The summed E-state index contributed by atoms with van der Waals surface area (Å²) in [5.74, 6) is 2.31. The molecule has 0 atom stereocenters. The maximum absolute atomic E-state index is 12.3. The van der Waals surface area contributed by atoms with Crippen molar-refractivity contribution in [3.8, 4) is 0 Å². The molecule has 0 bridgehead atoms. The first-order chi connectivity index (χ1) is 9.20. The number of carbonyl (C=O) groups excluding carboxylic acids is 1. The largest absolute Gasteiger partial charge is 0.298 e. The SMILES string of the molecule is CCC1CCC(C(=O)CSc2ccccc2C)CC1. The Balaban J connectivity index is 1.81. The molecule has 1 aliphatic carbocycles. The molecular weight excluding hydrogens is 252 g/mol. The lowest BCUT2D eigenvalue weighted by atomic mass is 9.79. The van der Waals surface area contributed by atoms with Gasteiger partial charge in [0.1, 0.15) is 5.78 Å². The summed E-state index contributed by atoms with van der Waals surface area (Å²) in [4.78, 5) is 13.5. The van der Waals surface area contributed by atoms with Crippen LogP contribution < -0.4 is 0 Å². The van der Waals surface area contributed by atoms with E-state index in [-0.39, 0.29) is 0 Å². The third kappa shape index (κ3) is 4.10. The van der Waals surface area contributed by atoms with Gasteiger partial charge in [0.05, 0.1) is 5.75 Å². The van der Waals surface area contributed by atoms with Crippen LogP contribution in [-0.2, 0) is 4.79 Å². The zero-order valence-electron chi connectivity index (χ0n) is 12.0. The molecule has 2 rings (SSSR count). The van der Waals surface area contributed by atoms with Crippen LogP contribution in [0.5, 0.6) is 0 Å². The average molecular weight is 276 g/mol. The number of aryl methyl sites for hydroxylation is 1. The lowest BCUT2D eigenvalue weighted by Crippen LogP contribution is -2.23. The number of hydrogen-bond acceptors (Lipinski definition) is 2. The van der Waals surface area contributed by atoms with Gasteiger partial charge in [0, 0.05) is 10.8 Å². The molecule has 1 saturated carbocycles. The van der Waals surface area contributed by atoms with Gasteiger partial charge >= 0.3 is 0 Å². The van der Waals surface area contributed by atoms with Crippen LogP contribution in [0.3, 0.4) is 0 Å². The molecule has 0 aliphatic heterocycles. The van der Waals surface area contributed by atoms with E-state index in [1.165, 1.54) is 29.7 Å². The topological polar surface area (TPSA) is 17.1 Å². The normalized spacial score (nSPS) is 23.3. The summed E-state index contributed by atoms with van der Waals surface area (Å²) in [6, 6.07) is 8.32. The molecule has 1 fully saturated rings. The smallest absolute Gasteiger partial charge is 0.146 e. The minimum Gasteiger partial charge on any atom is -0.298 e. The first-order valence-corrected chi connectivity index (χ1v) is 8.40. The molecule has 0 heterocycles. The van der Waals surface area contributed by atoms with Gasteiger partial charge in [-0.05, 0) is 50.2 Å². The van der Waals surface area contributed by atoms with Gasteiger partial charge in [0.15, 0.2) is 0 Å². The van der Waals surface area contributed by atoms with Crippen LogP contribution in [0.1, 0.15) is 44.6 Å². The minimum absolute atomic E-state index is 0.333. The van der Waals surface area contributed by atoms with Crippen molar-refractivity contribution < 1.29 is 4.79 Å². The predicted octanol–water partition coefficient (Wildman–Crippen LogP) is 4.87. The van der Waals surface area contributed by atoms with Crippen LogP contribution in [0, 0.1) is 18.8 Å². The maximum atomic E-state index is 12.3. The number of hydrogen-bond donors (Lipinski definition) is 0. The number of ketones is 1. The second-order valence-corrected chi connectivity index (χ2v) is 6.66. The quantitative estimate of drug-likeness (QED) is 0.713. The van der Waals surface area contributed by atoms with Crippen LogP contribution in [0.2, 0.25) is 0 Å². The van der Waals surface area contributed by atoms with Crippen molar-refractivity contribution in [3.05, 3.63) is 29.8 Å². The van der Waals surface area contributed by atoms with Gasteiger partial charge < -0.3 is 0 Å². The highest BCUT2D eigenvalue weighted by molar-refractivity contribution is 8.00. The molecule has 2 heteroatoms. The Morgan fingerprint density at radius 3 is 2.53 bits per heavy atom.